The lowest BCUT2D eigenvalue weighted by Crippen LogP contribution is -2.34. The summed E-state index contributed by atoms with van der Waals surface area (Å²) in [4.78, 5) is 11.9. The summed E-state index contributed by atoms with van der Waals surface area (Å²) in [6.45, 7) is 6.58. The van der Waals surface area contributed by atoms with E-state index in [0.717, 1.165) is 38.8 Å². The number of ether oxygens (including phenoxy) is 2. The molecule has 0 bridgehead atoms. The van der Waals surface area contributed by atoms with Gasteiger partial charge in [0, 0.05) is 40.6 Å². The number of carbonyl (C=O) groups is 1. The summed E-state index contributed by atoms with van der Waals surface area (Å²) in [5.74, 6) is -1.42. The van der Waals surface area contributed by atoms with E-state index in [4.69, 9.17) is 9.47 Å². The first-order valence-corrected chi connectivity index (χ1v) is 11.3. The van der Waals surface area contributed by atoms with E-state index in [1.807, 2.05) is 0 Å². The number of carboxylic acid groups (broad SMARTS) is 1. The Hall–Kier alpha value is -3.23. The number of hydrogen-bond acceptors (Lipinski definition) is 4. The summed E-state index contributed by atoms with van der Waals surface area (Å²) in [5, 5.41) is 19.0. The highest BCUT2D eigenvalue weighted by molar-refractivity contribution is 5.99. The molecule has 1 fully saturated rings. The highest BCUT2D eigenvalue weighted by Gasteiger charge is 2.46. The molecule has 1 aliphatic rings. The molecule has 0 saturated carbocycles. The molecule has 178 valence electrons. The van der Waals surface area contributed by atoms with Crippen LogP contribution in [0.2, 0.25) is 0 Å². The first-order chi connectivity index (χ1) is 16.1. The van der Waals surface area contributed by atoms with Gasteiger partial charge in [-0.25, -0.2) is 9.18 Å². The Morgan fingerprint density at radius 3 is 2.74 bits per heavy atom. The lowest BCUT2D eigenvalue weighted by atomic mass is 9.81. The van der Waals surface area contributed by atoms with E-state index < -0.39 is 17.0 Å². The summed E-state index contributed by atoms with van der Waals surface area (Å²) in [6, 6.07) is 10.6. The summed E-state index contributed by atoms with van der Waals surface area (Å²) in [6.07, 6.45) is 2.12. The van der Waals surface area contributed by atoms with Gasteiger partial charge >= 0.3 is 5.97 Å². The van der Waals surface area contributed by atoms with Gasteiger partial charge in [0.1, 0.15) is 5.82 Å². The van der Waals surface area contributed by atoms with Crippen molar-refractivity contribution in [2.24, 2.45) is 0 Å². The fourth-order valence-corrected chi connectivity index (χ4v) is 5.32. The average Bonchev–Trinajstić information content (AvgIpc) is 3.48. The monoisotopic (exact) mass is 465 g/mol. The highest BCUT2D eigenvalue weighted by Crippen LogP contribution is 2.47. The Bertz CT molecular complexity index is 1390. The van der Waals surface area contributed by atoms with Crippen LogP contribution >= 0.6 is 0 Å². The molecular formula is C26H28FN3O4. The fraction of sp³-hybridized carbons (Fsp3) is 0.385. The Morgan fingerprint density at radius 2 is 2.09 bits per heavy atom. The molecule has 1 saturated heterocycles. The number of aliphatic carboxylic acids is 1. The Kier molecular flexibility index (Phi) is 5.26. The second-order valence-corrected chi connectivity index (χ2v) is 9.97. The van der Waals surface area contributed by atoms with Crippen LogP contribution < -0.4 is 0 Å². The first-order valence-electron chi connectivity index (χ1n) is 11.3. The maximum atomic E-state index is 13.8. The van der Waals surface area contributed by atoms with Crippen molar-refractivity contribution in [2.45, 2.75) is 44.1 Å². The van der Waals surface area contributed by atoms with E-state index in [1.165, 1.54) is 12.1 Å². The van der Waals surface area contributed by atoms with Crippen LogP contribution in [0.5, 0.6) is 0 Å². The van der Waals surface area contributed by atoms with Gasteiger partial charge in [0.15, 0.2) is 5.60 Å². The molecule has 7 nitrogen and oxygen atoms in total. The minimum atomic E-state index is -1.25. The third-order valence-corrected chi connectivity index (χ3v) is 6.90. The lowest BCUT2D eigenvalue weighted by molar-refractivity contribution is -0.157. The normalized spacial score (nSPS) is 21.0. The van der Waals surface area contributed by atoms with E-state index in [0.29, 0.717) is 19.6 Å². The number of carboxylic acids is 1. The average molecular weight is 466 g/mol. The number of methoxy groups -OCH3 is 1. The molecule has 3 heterocycles. The predicted octanol–water partition coefficient (Wildman–Crippen LogP) is 4.92. The van der Waals surface area contributed by atoms with E-state index in [2.05, 4.69) is 40.7 Å². The van der Waals surface area contributed by atoms with Gasteiger partial charge in [-0.3, -0.25) is 5.10 Å². The minimum absolute atomic E-state index is 0.142. The van der Waals surface area contributed by atoms with Gasteiger partial charge in [-0.15, -0.1) is 0 Å². The van der Waals surface area contributed by atoms with E-state index in [9.17, 15) is 14.3 Å². The van der Waals surface area contributed by atoms with Gasteiger partial charge in [0.2, 0.25) is 0 Å². The number of nitrogens with zero attached hydrogens (tertiary/aromatic N) is 2. The van der Waals surface area contributed by atoms with Crippen molar-refractivity contribution in [3.63, 3.8) is 0 Å². The number of fused-ring (bicyclic) bond motifs is 2. The molecule has 34 heavy (non-hydrogen) atoms. The number of aromatic amines is 1. The van der Waals surface area contributed by atoms with Crippen molar-refractivity contribution in [1.82, 2.24) is 14.8 Å². The summed E-state index contributed by atoms with van der Waals surface area (Å²) < 4.78 is 27.4. The summed E-state index contributed by atoms with van der Waals surface area (Å²) in [7, 11) is 1.67. The number of hydrogen-bond donors (Lipinski definition) is 2. The maximum Gasteiger partial charge on any atom is 0.335 e. The molecule has 0 amide bonds. The zero-order chi connectivity index (χ0) is 24.3. The van der Waals surface area contributed by atoms with Crippen LogP contribution in [0, 0.1) is 5.82 Å². The molecule has 0 spiro atoms. The molecule has 8 heteroatoms. The van der Waals surface area contributed by atoms with Crippen LogP contribution in [0.1, 0.15) is 44.4 Å². The predicted molar refractivity (Wildman–Crippen MR) is 127 cm³/mol. The number of nitrogens with one attached hydrogen (secondary N) is 1. The van der Waals surface area contributed by atoms with E-state index in [1.54, 1.807) is 32.4 Å². The Balaban J connectivity index is 1.87. The molecule has 2 aromatic heterocycles. The molecule has 1 aliphatic heterocycles. The second-order valence-electron chi connectivity index (χ2n) is 9.97. The number of benzene rings is 2. The van der Waals surface area contributed by atoms with Crippen molar-refractivity contribution in [2.75, 3.05) is 20.3 Å². The zero-order valence-corrected chi connectivity index (χ0v) is 19.7. The molecule has 2 atom stereocenters. The molecule has 2 N–H and O–H groups in total. The Morgan fingerprint density at radius 1 is 1.35 bits per heavy atom. The lowest BCUT2D eigenvalue weighted by Gasteiger charge is -2.29. The third kappa shape index (κ3) is 3.49. The van der Waals surface area contributed by atoms with Crippen LogP contribution in [0.25, 0.3) is 27.5 Å². The molecule has 0 radical (unpaired) electrons. The van der Waals surface area contributed by atoms with Gasteiger partial charge in [0.25, 0.3) is 0 Å². The highest BCUT2D eigenvalue weighted by atomic mass is 19.1. The van der Waals surface area contributed by atoms with Gasteiger partial charge in [0.05, 0.1) is 30.4 Å². The Labute approximate surface area is 196 Å². The number of rotatable bonds is 6. The number of aromatic nitrogens is 3. The van der Waals surface area contributed by atoms with Crippen molar-refractivity contribution in [3.05, 3.63) is 59.7 Å². The molecule has 0 aliphatic carbocycles. The van der Waals surface area contributed by atoms with Crippen LogP contribution in [0.15, 0.2) is 42.6 Å². The number of halogens is 1. The van der Waals surface area contributed by atoms with Crippen LogP contribution in [0.3, 0.4) is 0 Å². The molecular weight excluding hydrogens is 437 g/mol. The van der Waals surface area contributed by atoms with Gasteiger partial charge in [-0.05, 0) is 55.3 Å². The van der Waals surface area contributed by atoms with Crippen molar-refractivity contribution in [3.8, 4) is 5.69 Å². The van der Waals surface area contributed by atoms with Crippen molar-refractivity contribution < 1.29 is 23.8 Å². The van der Waals surface area contributed by atoms with Gasteiger partial charge in [-0.2, -0.15) is 5.10 Å². The standard InChI is InChI=1S/C26H28FN3O4/c1-25(2,14-33-4)23-22(16-11-26(3,24(31)32)34-13-16)19-10-20-15(12-28-29-20)9-21(19)30(23)18-7-5-17(27)6-8-18/h5-10,12,16H,11,13-14H2,1-4H3,(H,28,29)(H,31,32)/t16?,26-/m0/s1. The minimum Gasteiger partial charge on any atom is -0.479 e. The van der Waals surface area contributed by atoms with Gasteiger partial charge in [-0.1, -0.05) is 13.8 Å². The fourth-order valence-electron chi connectivity index (χ4n) is 5.32. The summed E-state index contributed by atoms with van der Waals surface area (Å²) >= 11 is 0. The third-order valence-electron chi connectivity index (χ3n) is 6.90. The number of H-pyrrole nitrogens is 1. The van der Waals surface area contributed by atoms with Crippen LogP contribution in [-0.2, 0) is 19.7 Å². The second kappa shape index (κ2) is 7.92. The largest absolute Gasteiger partial charge is 0.479 e. The molecule has 4 aromatic rings. The van der Waals surface area contributed by atoms with Crippen LogP contribution in [0.4, 0.5) is 4.39 Å². The first kappa shape index (κ1) is 22.6. The molecule has 1 unspecified atom stereocenters. The van der Waals surface area contributed by atoms with E-state index in [-0.39, 0.29) is 11.7 Å². The molecule has 5 rings (SSSR count). The van der Waals surface area contributed by atoms with Crippen molar-refractivity contribution >= 4 is 27.8 Å². The summed E-state index contributed by atoms with van der Waals surface area (Å²) in [5.41, 5.74) is 2.99. The molecule has 2 aromatic carbocycles. The topological polar surface area (TPSA) is 89.4 Å². The van der Waals surface area contributed by atoms with Crippen molar-refractivity contribution in [1.29, 1.82) is 0 Å². The quantitative estimate of drug-likeness (QED) is 0.422. The SMILES string of the molecule is COCC(C)(C)c1c(C2CO[C@](C)(C(=O)O)C2)c2cc3[nH]ncc3cc2n1-c1ccc(F)cc1. The van der Waals surface area contributed by atoms with Crippen LogP contribution in [-0.4, -0.2) is 51.8 Å². The van der Waals surface area contributed by atoms with E-state index >= 15 is 0 Å². The smallest absolute Gasteiger partial charge is 0.335 e. The van der Waals surface area contributed by atoms with Gasteiger partial charge < -0.3 is 19.1 Å². The maximum absolute atomic E-state index is 13.8. The zero-order valence-electron chi connectivity index (χ0n) is 19.7.